The van der Waals surface area contributed by atoms with Crippen LogP contribution in [0.4, 0.5) is 28.9 Å². The first-order chi connectivity index (χ1) is 20.4. The second-order valence-electron chi connectivity index (χ2n) is 11.8. The van der Waals surface area contributed by atoms with Crippen molar-refractivity contribution in [1.29, 1.82) is 0 Å². The Morgan fingerprint density at radius 3 is 2.28 bits per heavy atom. The van der Waals surface area contributed by atoms with Crippen molar-refractivity contribution >= 4 is 36.5 Å². The second-order valence-corrected chi connectivity index (χ2v) is 11.8. The smallest absolute Gasteiger partial charge is 0.382 e. The number of amides is 2. The molecule has 2 amide bonds. The third kappa shape index (κ3) is 6.58. The molecule has 0 bridgehead atoms. The molecule has 2 atom stereocenters. The van der Waals surface area contributed by atoms with E-state index in [4.69, 9.17) is 0 Å². The second kappa shape index (κ2) is 12.4. The highest BCUT2D eigenvalue weighted by atomic mass is 19.4. The summed E-state index contributed by atoms with van der Waals surface area (Å²) >= 11 is 0. The van der Waals surface area contributed by atoms with Crippen molar-refractivity contribution < 1.29 is 27.2 Å². The minimum Gasteiger partial charge on any atom is -0.382 e. The summed E-state index contributed by atoms with van der Waals surface area (Å²) in [5, 5.41) is 6.28. The highest BCUT2D eigenvalue weighted by molar-refractivity contribution is 6.36. The van der Waals surface area contributed by atoms with Gasteiger partial charge in [0.05, 0.1) is 23.1 Å². The number of piperidine rings is 1. The van der Waals surface area contributed by atoms with Crippen LogP contribution in [0.2, 0.25) is 0 Å². The highest BCUT2D eigenvalue weighted by Gasteiger charge is 2.41. The first-order valence-electron chi connectivity index (χ1n) is 14.9. The number of benzene rings is 3. The molecule has 0 aromatic heterocycles. The van der Waals surface area contributed by atoms with Crippen LogP contribution in [-0.2, 0) is 11.0 Å². The number of alkyl halides is 3. The molecule has 2 N–H and O–H groups in total. The Balaban J connectivity index is 1.50. The van der Waals surface area contributed by atoms with E-state index in [-0.39, 0.29) is 16.8 Å². The SMILES string of the molecule is Bc1cc(C)c(C(F)(F)F)cc1NC(=O)[C@H]1CCCN(C(=O)c2c(C)cccc2F)[C@H]1c1ccc(NC2CCCC2)cc1. The van der Waals surface area contributed by atoms with Crippen LogP contribution in [0, 0.1) is 25.6 Å². The zero-order chi connectivity index (χ0) is 30.9. The molecular weight excluding hydrogens is 557 g/mol. The van der Waals surface area contributed by atoms with Gasteiger partial charge in [0.15, 0.2) is 0 Å². The largest absolute Gasteiger partial charge is 0.416 e. The van der Waals surface area contributed by atoms with E-state index in [0.717, 1.165) is 24.6 Å². The number of halogens is 4. The van der Waals surface area contributed by atoms with Crippen LogP contribution in [0.3, 0.4) is 0 Å². The van der Waals surface area contributed by atoms with E-state index < -0.39 is 41.3 Å². The molecule has 0 unspecified atom stereocenters. The first kappa shape index (κ1) is 30.6. The van der Waals surface area contributed by atoms with E-state index >= 15 is 0 Å². The van der Waals surface area contributed by atoms with Gasteiger partial charge >= 0.3 is 6.18 Å². The summed E-state index contributed by atoms with van der Waals surface area (Å²) in [5.41, 5.74) is 1.92. The molecule has 1 saturated heterocycles. The average Bonchev–Trinajstić information content (AvgIpc) is 3.47. The van der Waals surface area contributed by atoms with Crippen LogP contribution >= 0.6 is 0 Å². The molecule has 1 aliphatic heterocycles. The highest BCUT2D eigenvalue weighted by Crippen LogP contribution is 2.39. The first-order valence-corrected chi connectivity index (χ1v) is 14.9. The summed E-state index contributed by atoms with van der Waals surface area (Å²) in [5.74, 6) is -2.41. The molecule has 226 valence electrons. The third-order valence-corrected chi connectivity index (χ3v) is 8.78. The van der Waals surface area contributed by atoms with Gasteiger partial charge in [0.25, 0.3) is 5.91 Å². The lowest BCUT2D eigenvalue weighted by molar-refractivity contribution is -0.138. The van der Waals surface area contributed by atoms with Gasteiger partial charge in [-0.1, -0.05) is 48.6 Å². The van der Waals surface area contributed by atoms with E-state index in [0.29, 0.717) is 42.0 Å². The molecule has 43 heavy (non-hydrogen) atoms. The van der Waals surface area contributed by atoms with Crippen LogP contribution in [-0.4, -0.2) is 37.1 Å². The summed E-state index contributed by atoms with van der Waals surface area (Å²) in [7, 11) is 1.65. The number of hydrogen-bond acceptors (Lipinski definition) is 3. The van der Waals surface area contributed by atoms with Crippen LogP contribution in [0.25, 0.3) is 0 Å². The van der Waals surface area contributed by atoms with E-state index in [1.807, 2.05) is 24.3 Å². The fraction of sp³-hybridized carbons (Fsp3) is 0.394. The van der Waals surface area contributed by atoms with Crippen molar-refractivity contribution in [2.24, 2.45) is 5.92 Å². The number of rotatable bonds is 6. The fourth-order valence-electron chi connectivity index (χ4n) is 6.56. The van der Waals surface area contributed by atoms with Crippen molar-refractivity contribution in [3.63, 3.8) is 0 Å². The summed E-state index contributed by atoms with van der Waals surface area (Å²) < 4.78 is 56.0. The van der Waals surface area contributed by atoms with Crippen molar-refractivity contribution in [2.75, 3.05) is 17.2 Å². The van der Waals surface area contributed by atoms with Gasteiger partial charge in [-0.05, 0) is 80.5 Å². The Morgan fingerprint density at radius 1 is 0.930 bits per heavy atom. The molecule has 5 rings (SSSR count). The third-order valence-electron chi connectivity index (χ3n) is 8.78. The van der Waals surface area contributed by atoms with Gasteiger partial charge in [0.1, 0.15) is 13.7 Å². The van der Waals surface area contributed by atoms with Crippen LogP contribution in [0.5, 0.6) is 0 Å². The maximum Gasteiger partial charge on any atom is 0.416 e. The number of hydrogen-bond donors (Lipinski definition) is 2. The molecule has 2 aliphatic rings. The molecule has 2 fully saturated rings. The minimum atomic E-state index is -4.57. The normalized spacial score (nSPS) is 19.3. The van der Waals surface area contributed by atoms with Gasteiger partial charge in [-0.3, -0.25) is 9.59 Å². The number of nitrogens with one attached hydrogen (secondary N) is 2. The van der Waals surface area contributed by atoms with Gasteiger partial charge in [0, 0.05) is 24.0 Å². The Morgan fingerprint density at radius 2 is 1.63 bits per heavy atom. The van der Waals surface area contributed by atoms with Crippen LogP contribution < -0.4 is 16.1 Å². The molecule has 0 radical (unpaired) electrons. The minimum absolute atomic E-state index is 0.0442. The lowest BCUT2D eigenvalue weighted by Crippen LogP contribution is -2.47. The Labute approximate surface area is 250 Å². The Kier molecular flexibility index (Phi) is 8.85. The zero-order valence-electron chi connectivity index (χ0n) is 24.7. The molecule has 3 aromatic carbocycles. The summed E-state index contributed by atoms with van der Waals surface area (Å²) in [4.78, 5) is 29.3. The number of carbonyl (C=O) groups is 2. The van der Waals surface area contributed by atoms with Gasteiger partial charge in [-0.25, -0.2) is 4.39 Å². The van der Waals surface area contributed by atoms with Gasteiger partial charge in [-0.15, -0.1) is 0 Å². The molecule has 1 heterocycles. The predicted molar refractivity (Wildman–Crippen MR) is 163 cm³/mol. The zero-order valence-corrected chi connectivity index (χ0v) is 24.7. The fourth-order valence-corrected chi connectivity index (χ4v) is 6.56. The van der Waals surface area contributed by atoms with E-state index in [9.17, 15) is 27.2 Å². The average molecular weight is 593 g/mol. The lowest BCUT2D eigenvalue weighted by Gasteiger charge is -2.41. The van der Waals surface area contributed by atoms with Gasteiger partial charge in [-0.2, -0.15) is 13.2 Å². The molecule has 3 aromatic rings. The topological polar surface area (TPSA) is 61.4 Å². The molecule has 10 heteroatoms. The Bertz CT molecular complexity index is 1480. The van der Waals surface area contributed by atoms with Crippen LogP contribution in [0.1, 0.15) is 77.2 Å². The molecule has 0 spiro atoms. The monoisotopic (exact) mass is 593 g/mol. The maximum absolute atomic E-state index is 15.0. The van der Waals surface area contributed by atoms with Crippen molar-refractivity contribution in [3.05, 3.63) is 88.2 Å². The van der Waals surface area contributed by atoms with E-state index in [2.05, 4.69) is 10.6 Å². The maximum atomic E-state index is 15.0. The number of likely N-dealkylation sites (tertiary alicyclic amines) is 1. The summed E-state index contributed by atoms with van der Waals surface area (Å²) in [6.07, 6.45) is 0.903. The molecule has 5 nitrogen and oxygen atoms in total. The van der Waals surface area contributed by atoms with Crippen LogP contribution in [0.15, 0.2) is 54.6 Å². The van der Waals surface area contributed by atoms with E-state index in [1.165, 1.54) is 31.9 Å². The number of anilines is 2. The lowest BCUT2D eigenvalue weighted by atomic mass is 9.82. The van der Waals surface area contributed by atoms with Crippen molar-refractivity contribution in [1.82, 2.24) is 4.90 Å². The number of aryl methyl sites for hydroxylation is 2. The number of nitrogens with zero attached hydrogens (tertiary/aromatic N) is 1. The Hall–Kier alpha value is -3.82. The molecule has 1 aliphatic carbocycles. The van der Waals surface area contributed by atoms with E-state index in [1.54, 1.807) is 31.8 Å². The summed E-state index contributed by atoms with van der Waals surface area (Å²) in [6, 6.07) is 14.1. The quantitative estimate of drug-likeness (QED) is 0.260. The predicted octanol–water partition coefficient (Wildman–Crippen LogP) is 6.31. The van der Waals surface area contributed by atoms with Crippen molar-refractivity contribution in [2.45, 2.75) is 70.6 Å². The molecular formula is C33H36BF4N3O2. The van der Waals surface area contributed by atoms with Crippen molar-refractivity contribution in [3.8, 4) is 0 Å². The standard InChI is InChI=1S/C33H36BF4N3O2/c1-19-7-5-11-27(35)29(19)32(43)41-16-6-10-24(30(41)21-12-14-23(15-13-21)39-22-8-3-4-9-22)31(42)40-28-18-25(33(36,37)38)20(2)17-26(28)34/h5,7,11-15,17-18,22,24,30,39H,3-4,6,8-10,16,34H2,1-2H3,(H,40,42)/t24-,30-/m0/s1. The molecule has 1 saturated carbocycles. The van der Waals surface area contributed by atoms with Gasteiger partial charge in [0.2, 0.25) is 5.91 Å². The number of carbonyl (C=O) groups excluding carboxylic acids is 2. The van der Waals surface area contributed by atoms with Gasteiger partial charge < -0.3 is 15.5 Å². The summed E-state index contributed by atoms with van der Waals surface area (Å²) in [6.45, 7) is 3.37.